The Bertz CT molecular complexity index is 637. The van der Waals surface area contributed by atoms with Gasteiger partial charge in [0.2, 0.25) is 0 Å². The second-order valence-electron chi connectivity index (χ2n) is 4.72. The maximum atomic E-state index is 13.7. The number of rotatable bonds is 6. The average Bonchev–Trinajstić information content (AvgIpc) is 2.51. The molecule has 2 aromatic carbocycles. The maximum Gasteiger partial charge on any atom is 0.174 e. The molecule has 0 aliphatic heterocycles. The van der Waals surface area contributed by atoms with E-state index in [2.05, 4.69) is 5.32 Å². The first-order valence-electron chi connectivity index (χ1n) is 6.77. The molecule has 21 heavy (non-hydrogen) atoms. The Kier molecular flexibility index (Phi) is 5.30. The highest BCUT2D eigenvalue weighted by Crippen LogP contribution is 2.18. The zero-order valence-electron chi connectivity index (χ0n) is 11.8. The molecule has 2 rings (SSSR count). The molecule has 0 fully saturated rings. The Morgan fingerprint density at radius 3 is 2.81 bits per heavy atom. The highest BCUT2D eigenvalue weighted by atomic mass is 19.1. The van der Waals surface area contributed by atoms with E-state index in [-0.39, 0.29) is 18.5 Å². The topological polar surface area (TPSA) is 45.0 Å². The number of benzene rings is 2. The van der Waals surface area contributed by atoms with Crippen LogP contribution in [0, 0.1) is 17.1 Å². The fourth-order valence-electron chi connectivity index (χ4n) is 2.07. The third-order valence-electron chi connectivity index (χ3n) is 3.19. The van der Waals surface area contributed by atoms with Crippen molar-refractivity contribution >= 4 is 0 Å². The number of hydrogen-bond acceptors (Lipinski definition) is 3. The fourth-order valence-corrected chi connectivity index (χ4v) is 2.07. The van der Waals surface area contributed by atoms with Crippen LogP contribution in [-0.2, 0) is 6.54 Å². The van der Waals surface area contributed by atoms with Gasteiger partial charge in [0.15, 0.2) is 6.61 Å². The van der Waals surface area contributed by atoms with E-state index >= 15 is 0 Å². The van der Waals surface area contributed by atoms with Crippen molar-refractivity contribution in [3.63, 3.8) is 0 Å². The molecule has 0 aliphatic rings. The van der Waals surface area contributed by atoms with Gasteiger partial charge in [-0.3, -0.25) is 0 Å². The van der Waals surface area contributed by atoms with Crippen molar-refractivity contribution < 1.29 is 9.13 Å². The lowest BCUT2D eigenvalue weighted by molar-refractivity contribution is 0.367. The van der Waals surface area contributed by atoms with Crippen LogP contribution in [0.3, 0.4) is 0 Å². The highest BCUT2D eigenvalue weighted by molar-refractivity contribution is 5.29. The summed E-state index contributed by atoms with van der Waals surface area (Å²) in [6.07, 6.45) is 0. The lowest BCUT2D eigenvalue weighted by Crippen LogP contribution is -2.19. The van der Waals surface area contributed by atoms with Crippen LogP contribution in [-0.4, -0.2) is 6.61 Å². The van der Waals surface area contributed by atoms with Crippen molar-refractivity contribution in [2.75, 3.05) is 6.61 Å². The van der Waals surface area contributed by atoms with Crippen LogP contribution < -0.4 is 10.1 Å². The molecule has 2 aromatic rings. The smallest absolute Gasteiger partial charge is 0.174 e. The molecule has 0 aliphatic carbocycles. The van der Waals surface area contributed by atoms with Gasteiger partial charge < -0.3 is 10.1 Å². The first-order chi connectivity index (χ1) is 10.2. The van der Waals surface area contributed by atoms with E-state index in [4.69, 9.17) is 10.00 Å². The largest absolute Gasteiger partial charge is 0.479 e. The zero-order valence-corrected chi connectivity index (χ0v) is 11.8. The SMILES string of the molecule is C[C@@H](NCc1cccc(OCC#N)c1)c1ccccc1F. The van der Waals surface area contributed by atoms with Crippen molar-refractivity contribution in [1.29, 1.82) is 5.26 Å². The molecule has 3 nitrogen and oxygen atoms in total. The van der Waals surface area contributed by atoms with Crippen LogP contribution in [0.15, 0.2) is 48.5 Å². The van der Waals surface area contributed by atoms with E-state index in [0.29, 0.717) is 17.9 Å². The summed E-state index contributed by atoms with van der Waals surface area (Å²) in [5.74, 6) is 0.456. The molecule has 0 radical (unpaired) electrons. The summed E-state index contributed by atoms with van der Waals surface area (Å²) < 4.78 is 18.9. The zero-order chi connectivity index (χ0) is 15.1. The van der Waals surface area contributed by atoms with Gasteiger partial charge in [-0.05, 0) is 30.7 Å². The molecule has 0 unspecified atom stereocenters. The molecule has 108 valence electrons. The molecular weight excluding hydrogens is 267 g/mol. The van der Waals surface area contributed by atoms with Crippen LogP contribution in [0.1, 0.15) is 24.1 Å². The van der Waals surface area contributed by atoms with E-state index in [1.165, 1.54) is 6.07 Å². The minimum Gasteiger partial charge on any atom is -0.479 e. The van der Waals surface area contributed by atoms with Gasteiger partial charge in [-0.25, -0.2) is 4.39 Å². The molecule has 0 amide bonds. The molecule has 1 N–H and O–H groups in total. The summed E-state index contributed by atoms with van der Waals surface area (Å²) in [5.41, 5.74) is 1.67. The Morgan fingerprint density at radius 1 is 1.24 bits per heavy atom. The molecule has 4 heteroatoms. The second-order valence-corrected chi connectivity index (χ2v) is 4.72. The van der Waals surface area contributed by atoms with Crippen molar-refractivity contribution in [2.24, 2.45) is 0 Å². The molecule has 1 atom stereocenters. The standard InChI is InChI=1S/C17H17FN2O/c1-13(16-7-2-3-8-17(16)18)20-12-14-5-4-6-15(11-14)21-10-9-19/h2-8,11,13,20H,10,12H2,1H3/t13-/m1/s1. The van der Waals surface area contributed by atoms with Crippen LogP contribution in [0.25, 0.3) is 0 Å². The average molecular weight is 284 g/mol. The van der Waals surface area contributed by atoms with E-state index < -0.39 is 0 Å². The molecule has 0 aromatic heterocycles. The molecule has 0 saturated carbocycles. The van der Waals surface area contributed by atoms with Gasteiger partial charge in [0.25, 0.3) is 0 Å². The van der Waals surface area contributed by atoms with Crippen molar-refractivity contribution in [3.05, 3.63) is 65.5 Å². The molecule has 0 spiro atoms. The fraction of sp³-hybridized carbons (Fsp3) is 0.235. The van der Waals surface area contributed by atoms with Crippen LogP contribution in [0.2, 0.25) is 0 Å². The predicted octanol–water partition coefficient (Wildman–Crippen LogP) is 3.58. The van der Waals surface area contributed by atoms with Gasteiger partial charge >= 0.3 is 0 Å². The van der Waals surface area contributed by atoms with E-state index in [0.717, 1.165) is 5.56 Å². The highest BCUT2D eigenvalue weighted by Gasteiger charge is 2.09. The van der Waals surface area contributed by atoms with Gasteiger partial charge in [0, 0.05) is 18.2 Å². The normalized spacial score (nSPS) is 11.7. The first kappa shape index (κ1) is 15.0. The minimum absolute atomic E-state index is 0.0303. The second kappa shape index (κ2) is 7.41. The van der Waals surface area contributed by atoms with Crippen molar-refractivity contribution in [1.82, 2.24) is 5.32 Å². The molecule has 0 saturated heterocycles. The monoisotopic (exact) mass is 284 g/mol. The number of halogens is 1. The number of nitrogens with zero attached hydrogens (tertiary/aromatic N) is 1. The quantitative estimate of drug-likeness (QED) is 0.882. The molecule has 0 heterocycles. The number of ether oxygens (including phenoxy) is 1. The van der Waals surface area contributed by atoms with Crippen LogP contribution in [0.4, 0.5) is 4.39 Å². The Labute approximate surface area is 124 Å². The summed E-state index contributed by atoms with van der Waals surface area (Å²) >= 11 is 0. The van der Waals surface area contributed by atoms with Gasteiger partial charge in [-0.15, -0.1) is 0 Å². The molecular formula is C17H17FN2O. The number of nitriles is 1. The van der Waals surface area contributed by atoms with E-state index in [9.17, 15) is 4.39 Å². The first-order valence-corrected chi connectivity index (χ1v) is 6.77. The third kappa shape index (κ3) is 4.30. The maximum absolute atomic E-state index is 13.7. The van der Waals surface area contributed by atoms with Crippen molar-refractivity contribution in [2.45, 2.75) is 19.5 Å². The van der Waals surface area contributed by atoms with Gasteiger partial charge in [-0.1, -0.05) is 30.3 Å². The minimum atomic E-state index is -0.205. The van der Waals surface area contributed by atoms with E-state index in [1.54, 1.807) is 18.2 Å². The van der Waals surface area contributed by atoms with Crippen molar-refractivity contribution in [3.8, 4) is 11.8 Å². The summed E-state index contributed by atoms with van der Waals surface area (Å²) in [6.45, 7) is 2.55. The van der Waals surface area contributed by atoms with E-state index in [1.807, 2.05) is 37.3 Å². The summed E-state index contributed by atoms with van der Waals surface area (Å²) in [6, 6.07) is 16.1. The van der Waals surface area contributed by atoms with Gasteiger partial charge in [-0.2, -0.15) is 5.26 Å². The third-order valence-corrected chi connectivity index (χ3v) is 3.19. The van der Waals surface area contributed by atoms with Crippen LogP contribution >= 0.6 is 0 Å². The Hall–Kier alpha value is -2.38. The summed E-state index contributed by atoms with van der Waals surface area (Å²) in [7, 11) is 0. The summed E-state index contributed by atoms with van der Waals surface area (Å²) in [4.78, 5) is 0. The summed E-state index contributed by atoms with van der Waals surface area (Å²) in [5, 5.41) is 11.8. The molecule has 0 bridgehead atoms. The van der Waals surface area contributed by atoms with Gasteiger partial charge in [0.1, 0.15) is 17.6 Å². The predicted molar refractivity (Wildman–Crippen MR) is 79.2 cm³/mol. The Balaban J connectivity index is 1.97. The lowest BCUT2D eigenvalue weighted by atomic mass is 10.1. The number of nitrogens with one attached hydrogen (secondary N) is 1. The Morgan fingerprint density at radius 2 is 2.05 bits per heavy atom. The number of hydrogen-bond donors (Lipinski definition) is 1. The van der Waals surface area contributed by atoms with Crippen LogP contribution in [0.5, 0.6) is 5.75 Å². The lowest BCUT2D eigenvalue weighted by Gasteiger charge is -2.15. The van der Waals surface area contributed by atoms with Gasteiger partial charge in [0.05, 0.1) is 0 Å².